The summed E-state index contributed by atoms with van der Waals surface area (Å²) in [7, 11) is 0. The van der Waals surface area contributed by atoms with Crippen LogP contribution in [0.1, 0.15) is 31.9 Å². The van der Waals surface area contributed by atoms with Crippen molar-refractivity contribution in [2.75, 3.05) is 5.32 Å². The molecule has 0 atom stereocenters. The highest BCUT2D eigenvalue weighted by atomic mass is 32.1. The Labute approximate surface area is 124 Å². The number of amides is 1. The van der Waals surface area contributed by atoms with Gasteiger partial charge in [0.2, 0.25) is 5.91 Å². The summed E-state index contributed by atoms with van der Waals surface area (Å²) < 4.78 is 0. The molecular formula is C17H19NOS. The number of hydrogen-bond acceptors (Lipinski definition) is 2. The Kier molecular flexibility index (Phi) is 4.40. The molecule has 0 bridgehead atoms. The van der Waals surface area contributed by atoms with E-state index in [0.717, 1.165) is 11.3 Å². The monoisotopic (exact) mass is 285 g/mol. The Bertz CT molecular complexity index is 589. The van der Waals surface area contributed by atoms with Crippen LogP contribution >= 0.6 is 11.3 Å². The zero-order valence-corrected chi connectivity index (χ0v) is 12.8. The summed E-state index contributed by atoms with van der Waals surface area (Å²) in [5.74, 6) is -0.111. The third-order valence-corrected chi connectivity index (χ3v) is 3.69. The lowest BCUT2D eigenvalue weighted by atomic mass is 9.87. The van der Waals surface area contributed by atoms with Crippen LogP contribution < -0.4 is 5.32 Å². The first kappa shape index (κ1) is 14.5. The molecule has 0 spiro atoms. The van der Waals surface area contributed by atoms with Gasteiger partial charge in [0.25, 0.3) is 0 Å². The Balaban J connectivity index is 1.98. The van der Waals surface area contributed by atoms with Crippen molar-refractivity contribution >= 4 is 29.0 Å². The molecule has 0 aliphatic rings. The van der Waals surface area contributed by atoms with E-state index in [0.29, 0.717) is 0 Å². The fourth-order valence-corrected chi connectivity index (χ4v) is 2.41. The summed E-state index contributed by atoms with van der Waals surface area (Å²) in [5.41, 5.74) is 3.25. The molecule has 1 aromatic heterocycles. The Morgan fingerprint density at radius 1 is 1.15 bits per heavy atom. The van der Waals surface area contributed by atoms with Crippen LogP contribution in [0.5, 0.6) is 0 Å². The molecule has 3 heteroatoms. The lowest BCUT2D eigenvalue weighted by Gasteiger charge is -2.19. The fraction of sp³-hybridized carbons (Fsp3) is 0.235. The van der Waals surface area contributed by atoms with Gasteiger partial charge >= 0.3 is 0 Å². The first-order valence-electron chi connectivity index (χ1n) is 6.57. The van der Waals surface area contributed by atoms with E-state index in [2.05, 4.69) is 38.2 Å². The molecule has 0 aliphatic carbocycles. The van der Waals surface area contributed by atoms with E-state index in [1.54, 1.807) is 17.4 Å². The van der Waals surface area contributed by atoms with Gasteiger partial charge in [0.05, 0.1) is 0 Å². The molecule has 0 aliphatic heterocycles. The second-order valence-corrected chi connectivity index (χ2v) is 6.49. The molecule has 0 saturated carbocycles. The summed E-state index contributed by atoms with van der Waals surface area (Å²) in [6.45, 7) is 6.51. The molecule has 1 amide bonds. The summed E-state index contributed by atoms with van der Waals surface area (Å²) in [6, 6.07) is 9.97. The first-order chi connectivity index (χ1) is 9.45. The maximum absolute atomic E-state index is 11.8. The van der Waals surface area contributed by atoms with Crippen molar-refractivity contribution in [3.05, 3.63) is 58.3 Å². The number of thiophene rings is 1. The molecule has 20 heavy (non-hydrogen) atoms. The average Bonchev–Trinajstić information content (AvgIpc) is 2.89. The van der Waals surface area contributed by atoms with Gasteiger partial charge in [0, 0.05) is 11.8 Å². The molecule has 0 unspecified atom stereocenters. The molecule has 104 valence electrons. The molecule has 1 aromatic carbocycles. The Morgan fingerprint density at radius 2 is 1.85 bits per heavy atom. The van der Waals surface area contributed by atoms with E-state index < -0.39 is 0 Å². The molecular weight excluding hydrogens is 266 g/mol. The summed E-state index contributed by atoms with van der Waals surface area (Å²) in [6.07, 6.45) is 3.37. The third-order valence-electron chi connectivity index (χ3n) is 2.99. The molecule has 0 fully saturated rings. The quantitative estimate of drug-likeness (QED) is 0.814. The van der Waals surface area contributed by atoms with Crippen molar-refractivity contribution in [1.82, 2.24) is 0 Å². The van der Waals surface area contributed by atoms with E-state index in [4.69, 9.17) is 0 Å². The molecule has 0 radical (unpaired) electrons. The fourth-order valence-electron chi connectivity index (χ4n) is 1.78. The minimum absolute atomic E-state index is 0.111. The molecule has 2 nitrogen and oxygen atoms in total. The second-order valence-electron chi connectivity index (χ2n) is 5.71. The van der Waals surface area contributed by atoms with E-state index in [1.807, 2.05) is 35.0 Å². The largest absolute Gasteiger partial charge is 0.323 e. The molecule has 0 saturated heterocycles. The normalized spacial score (nSPS) is 11.8. The van der Waals surface area contributed by atoms with Gasteiger partial charge in [-0.3, -0.25) is 4.79 Å². The topological polar surface area (TPSA) is 29.1 Å². The van der Waals surface area contributed by atoms with Crippen LogP contribution in [0.25, 0.3) is 6.08 Å². The smallest absolute Gasteiger partial charge is 0.248 e. The highest BCUT2D eigenvalue weighted by Crippen LogP contribution is 2.23. The molecule has 2 aromatic rings. The van der Waals surface area contributed by atoms with Gasteiger partial charge in [0.15, 0.2) is 0 Å². The van der Waals surface area contributed by atoms with Crippen molar-refractivity contribution in [1.29, 1.82) is 0 Å². The lowest BCUT2D eigenvalue weighted by Crippen LogP contribution is -2.12. The van der Waals surface area contributed by atoms with Crippen molar-refractivity contribution in [3.8, 4) is 0 Å². The number of carbonyl (C=O) groups is 1. The van der Waals surface area contributed by atoms with Crippen LogP contribution in [0.4, 0.5) is 5.69 Å². The second kappa shape index (κ2) is 6.06. The van der Waals surface area contributed by atoms with Crippen LogP contribution in [0, 0.1) is 0 Å². The number of anilines is 1. The number of carbonyl (C=O) groups excluding carboxylic acids is 1. The summed E-state index contributed by atoms with van der Waals surface area (Å²) in [4.78, 5) is 11.8. The van der Waals surface area contributed by atoms with E-state index in [-0.39, 0.29) is 11.3 Å². The number of benzene rings is 1. The number of hydrogen-bond donors (Lipinski definition) is 1. The average molecular weight is 285 g/mol. The minimum Gasteiger partial charge on any atom is -0.323 e. The third kappa shape index (κ3) is 4.07. The van der Waals surface area contributed by atoms with Gasteiger partial charge in [-0.25, -0.2) is 0 Å². The molecule has 1 N–H and O–H groups in total. The van der Waals surface area contributed by atoms with Crippen LogP contribution in [0.3, 0.4) is 0 Å². The number of rotatable bonds is 3. The maximum atomic E-state index is 11.8. The van der Waals surface area contributed by atoms with Crippen LogP contribution in [-0.2, 0) is 10.2 Å². The van der Waals surface area contributed by atoms with Crippen molar-refractivity contribution in [2.24, 2.45) is 0 Å². The van der Waals surface area contributed by atoms with E-state index in [1.165, 1.54) is 5.56 Å². The van der Waals surface area contributed by atoms with Gasteiger partial charge in [-0.15, -0.1) is 0 Å². The zero-order valence-electron chi connectivity index (χ0n) is 12.0. The molecule has 1 heterocycles. The molecule has 2 rings (SSSR count). The predicted octanol–water partition coefficient (Wildman–Crippen LogP) is 4.70. The van der Waals surface area contributed by atoms with Crippen molar-refractivity contribution in [2.45, 2.75) is 26.2 Å². The summed E-state index contributed by atoms with van der Waals surface area (Å²) in [5, 5.41) is 6.85. The Hall–Kier alpha value is -1.87. The van der Waals surface area contributed by atoms with E-state index in [9.17, 15) is 4.79 Å². The first-order valence-corrected chi connectivity index (χ1v) is 7.51. The van der Waals surface area contributed by atoms with Gasteiger partial charge in [-0.2, -0.15) is 11.3 Å². The van der Waals surface area contributed by atoms with Gasteiger partial charge < -0.3 is 5.32 Å². The highest BCUT2D eigenvalue weighted by molar-refractivity contribution is 7.08. The predicted molar refractivity (Wildman–Crippen MR) is 87.1 cm³/mol. The Morgan fingerprint density at radius 3 is 2.40 bits per heavy atom. The standard InChI is InChI=1S/C17H19NOS/c1-17(2,3)14-5-7-15(8-6-14)18-16(19)9-4-13-10-11-20-12-13/h4-12H,1-3H3,(H,18,19)/b9-4+. The number of nitrogens with one attached hydrogen (secondary N) is 1. The maximum Gasteiger partial charge on any atom is 0.248 e. The SMILES string of the molecule is CC(C)(C)c1ccc(NC(=O)/C=C/c2ccsc2)cc1. The minimum atomic E-state index is -0.111. The van der Waals surface area contributed by atoms with Gasteiger partial charge in [-0.05, 0) is 51.6 Å². The van der Waals surface area contributed by atoms with Crippen LogP contribution in [0.2, 0.25) is 0 Å². The van der Waals surface area contributed by atoms with Crippen LogP contribution in [0.15, 0.2) is 47.2 Å². The van der Waals surface area contributed by atoms with Gasteiger partial charge in [-0.1, -0.05) is 32.9 Å². The van der Waals surface area contributed by atoms with E-state index >= 15 is 0 Å². The highest BCUT2D eigenvalue weighted by Gasteiger charge is 2.12. The summed E-state index contributed by atoms with van der Waals surface area (Å²) >= 11 is 1.62. The van der Waals surface area contributed by atoms with Crippen molar-refractivity contribution < 1.29 is 4.79 Å². The lowest BCUT2D eigenvalue weighted by molar-refractivity contribution is -0.111. The van der Waals surface area contributed by atoms with Crippen molar-refractivity contribution in [3.63, 3.8) is 0 Å². The van der Waals surface area contributed by atoms with Gasteiger partial charge in [0.1, 0.15) is 0 Å². The van der Waals surface area contributed by atoms with Crippen LogP contribution in [-0.4, -0.2) is 5.91 Å². The zero-order chi connectivity index (χ0) is 14.6.